The number of aromatic amines is 2. The minimum Gasteiger partial charge on any atom is -0.421 e. The van der Waals surface area contributed by atoms with Gasteiger partial charge in [0.15, 0.2) is 40.1 Å². The van der Waals surface area contributed by atoms with Crippen molar-refractivity contribution in [3.8, 4) is 0 Å². The molecular weight excluding hydrogens is 736 g/mol. The van der Waals surface area contributed by atoms with Crippen molar-refractivity contribution < 1.29 is 95.5 Å². The summed E-state index contributed by atoms with van der Waals surface area (Å²) in [4.78, 5) is 5.89. The molecule has 44 heavy (non-hydrogen) atoms. The van der Waals surface area contributed by atoms with Gasteiger partial charge in [0, 0.05) is 0 Å². The number of nitrogens with one attached hydrogen (secondary N) is 2. The van der Waals surface area contributed by atoms with Crippen LogP contribution in [0.15, 0.2) is 37.4 Å². The molecule has 0 saturated carbocycles. The van der Waals surface area contributed by atoms with E-state index in [2.05, 4.69) is 32.9 Å². The van der Waals surface area contributed by atoms with Gasteiger partial charge in [-0.15, -0.1) is 0 Å². The maximum Gasteiger partial charge on any atom is 0.480 e. The fraction of sp³-hybridized carbons (Fsp3) is 0.571. The summed E-state index contributed by atoms with van der Waals surface area (Å²) in [6.45, 7) is 6.30. The molecule has 30 heteroatoms. The molecule has 0 spiro atoms. The molecule has 0 fully saturated rings. The van der Waals surface area contributed by atoms with Crippen LogP contribution in [0.5, 0.6) is 0 Å². The Morgan fingerprint density at radius 2 is 0.705 bits per heavy atom. The van der Waals surface area contributed by atoms with E-state index in [4.69, 9.17) is 0 Å². The number of aromatic nitrogens is 4. The van der Waals surface area contributed by atoms with Crippen LogP contribution >= 0.6 is 0 Å². The maximum atomic E-state index is 11.4. The Balaban J connectivity index is 0. The number of rotatable bonds is 6. The minimum atomic E-state index is -6.72. The largest absolute Gasteiger partial charge is 0.480 e. The Bertz CT molecular complexity index is 1360. The van der Waals surface area contributed by atoms with Gasteiger partial charge in [-0.25, -0.2) is 42.8 Å². The lowest BCUT2D eigenvalue weighted by Crippen LogP contribution is -2.30. The van der Waals surface area contributed by atoms with Crippen molar-refractivity contribution in [2.45, 2.75) is 49.0 Å². The molecule has 2 rings (SSSR count). The lowest BCUT2D eigenvalue weighted by molar-refractivity contribution is -0.692. The molecule has 2 N–H and O–H groups in total. The number of nitrogens with zero attached hydrogens (tertiary/aromatic N) is 4. The second-order valence-corrected chi connectivity index (χ2v) is 13.6. The summed E-state index contributed by atoms with van der Waals surface area (Å²) in [5, 5.41) is 0. The van der Waals surface area contributed by atoms with E-state index in [1.165, 1.54) is 0 Å². The van der Waals surface area contributed by atoms with Gasteiger partial charge < -0.3 is 8.25 Å². The first-order valence-electron chi connectivity index (χ1n) is 10.0. The molecule has 0 aromatic carbocycles. The Morgan fingerprint density at radius 3 is 0.795 bits per heavy atom. The molecule has 2 aromatic rings. The van der Waals surface area contributed by atoms with E-state index in [9.17, 15) is 86.4 Å². The lowest BCUT2D eigenvalue weighted by atomic mass is 10.7. The van der Waals surface area contributed by atoms with Gasteiger partial charge in [0.1, 0.15) is 24.8 Å². The third kappa shape index (κ3) is 14.4. The standard InChI is InChI=1S/2C5H8N2.2C2F6NO4S2/c2*1-2-7-4-3-6-5-7;2*3-1(4,5)14(10,11)9-15(12,13)2(6,7)8/h2*3-5H,2H2,1H3;;/q;;2*-1/p+2. The molecule has 0 unspecified atom stereocenters. The van der Waals surface area contributed by atoms with Crippen molar-refractivity contribution in [2.75, 3.05) is 0 Å². The van der Waals surface area contributed by atoms with Crippen LogP contribution in [-0.2, 0) is 53.2 Å². The normalized spacial score (nSPS) is 13.4. The van der Waals surface area contributed by atoms with E-state index in [0.717, 1.165) is 21.3 Å². The van der Waals surface area contributed by atoms with E-state index in [-0.39, 0.29) is 0 Å². The van der Waals surface area contributed by atoms with Crippen LogP contribution in [0.4, 0.5) is 52.7 Å². The zero-order valence-electron chi connectivity index (χ0n) is 21.1. The van der Waals surface area contributed by atoms with E-state index >= 15 is 0 Å². The number of hydrogen-bond acceptors (Lipinski definition) is 8. The van der Waals surface area contributed by atoms with Crippen LogP contribution < -0.4 is 9.13 Å². The lowest BCUT2D eigenvalue weighted by Gasteiger charge is -2.22. The molecule has 0 bridgehead atoms. The second kappa shape index (κ2) is 15.5. The van der Waals surface area contributed by atoms with Crippen LogP contribution in [0, 0.1) is 0 Å². The molecule has 2 heterocycles. The van der Waals surface area contributed by atoms with Gasteiger partial charge in [-0.1, -0.05) is 0 Å². The summed E-state index contributed by atoms with van der Waals surface area (Å²) in [6, 6.07) is 0. The van der Waals surface area contributed by atoms with Crippen LogP contribution in [0.25, 0.3) is 8.25 Å². The molecule has 0 amide bonds. The quantitative estimate of drug-likeness (QED) is 0.331. The third-order valence-electron chi connectivity index (χ3n) is 3.50. The molecular formula is C14H18F12N6O8S4. The molecule has 0 aliphatic carbocycles. The van der Waals surface area contributed by atoms with Gasteiger partial charge in [-0.3, -0.25) is 9.97 Å². The van der Waals surface area contributed by atoms with E-state index in [0.29, 0.717) is 0 Å². The molecule has 0 aliphatic rings. The van der Waals surface area contributed by atoms with Crippen molar-refractivity contribution in [2.24, 2.45) is 0 Å². The summed E-state index contributed by atoms with van der Waals surface area (Å²) in [5.74, 6) is 0. The highest BCUT2D eigenvalue weighted by Crippen LogP contribution is 2.37. The van der Waals surface area contributed by atoms with Crippen molar-refractivity contribution in [1.82, 2.24) is 9.97 Å². The highest BCUT2D eigenvalue weighted by Gasteiger charge is 2.48. The van der Waals surface area contributed by atoms with Crippen LogP contribution in [0.2, 0.25) is 0 Å². The van der Waals surface area contributed by atoms with E-state index in [1.54, 1.807) is 0 Å². The Labute approximate surface area is 240 Å². The van der Waals surface area contributed by atoms with Crippen molar-refractivity contribution >= 4 is 40.1 Å². The number of H-pyrrole nitrogens is 2. The minimum absolute atomic E-state index is 0.778. The van der Waals surface area contributed by atoms with Crippen LogP contribution in [0.1, 0.15) is 13.8 Å². The molecule has 0 atom stereocenters. The number of imidazole rings is 2. The van der Waals surface area contributed by atoms with Crippen molar-refractivity contribution in [3.05, 3.63) is 45.7 Å². The van der Waals surface area contributed by atoms with Gasteiger partial charge in [0.25, 0.3) is 0 Å². The van der Waals surface area contributed by atoms with Crippen molar-refractivity contribution in [1.29, 1.82) is 0 Å². The first kappa shape index (κ1) is 43.4. The second-order valence-electron chi connectivity index (χ2n) is 6.72. The first-order valence-corrected chi connectivity index (χ1v) is 15.8. The molecule has 14 nitrogen and oxygen atoms in total. The molecule has 0 radical (unpaired) electrons. The molecule has 0 saturated heterocycles. The summed E-state index contributed by atoms with van der Waals surface area (Å²) in [7, 11) is -26.9. The molecule has 260 valence electrons. The Hall–Kier alpha value is -2.70. The Kier molecular flexibility index (Phi) is 15.3. The number of halogens is 12. The summed E-state index contributed by atoms with van der Waals surface area (Å²) in [6.07, 6.45) is 11.7. The zero-order valence-corrected chi connectivity index (χ0v) is 24.4. The summed E-state index contributed by atoms with van der Waals surface area (Å²) >= 11 is 0. The van der Waals surface area contributed by atoms with Gasteiger partial charge in [-0.2, -0.15) is 52.7 Å². The zero-order chi connectivity index (χ0) is 35.6. The molecule has 0 aliphatic heterocycles. The van der Waals surface area contributed by atoms with Crippen LogP contribution in [-0.4, -0.2) is 65.7 Å². The van der Waals surface area contributed by atoms with Gasteiger partial charge in [0.2, 0.25) is 12.7 Å². The number of alkyl halides is 12. The van der Waals surface area contributed by atoms with E-state index < -0.39 is 62.1 Å². The summed E-state index contributed by atoms with van der Waals surface area (Å²) in [5.41, 5.74) is -24.8. The average Bonchev–Trinajstić information content (AvgIpc) is 3.50. The fourth-order valence-electron chi connectivity index (χ4n) is 1.46. The fourth-order valence-corrected chi connectivity index (χ4v) is 4.88. The van der Waals surface area contributed by atoms with Gasteiger partial charge >= 0.3 is 22.0 Å². The van der Waals surface area contributed by atoms with E-state index in [1.807, 2.05) is 37.4 Å². The number of aryl methyl sites for hydroxylation is 2. The number of sulfonamides is 4. The first-order chi connectivity index (χ1) is 19.3. The smallest absolute Gasteiger partial charge is 0.421 e. The topological polar surface area (TPSA) is 204 Å². The Morgan fingerprint density at radius 1 is 0.500 bits per heavy atom. The number of hydrogen-bond donors (Lipinski definition) is 2. The monoisotopic (exact) mass is 754 g/mol. The summed E-state index contributed by atoms with van der Waals surface area (Å²) < 4.78 is 223. The SMILES string of the molecule is CC[n+]1cc[nH]c1.CC[n+]1cc[nH]c1.O=S(=O)([N-]S(=O)(=O)C(F)(F)F)C(F)(F)F.O=S(=O)([N-]S(=O)(=O)C(F)(F)F)C(F)(F)F. The molecule has 2 aromatic heterocycles. The predicted molar refractivity (Wildman–Crippen MR) is 120 cm³/mol. The van der Waals surface area contributed by atoms with Gasteiger partial charge in [0.05, 0.1) is 13.1 Å². The van der Waals surface area contributed by atoms with Crippen molar-refractivity contribution in [3.63, 3.8) is 0 Å². The third-order valence-corrected chi connectivity index (χ3v) is 8.98. The van der Waals surface area contributed by atoms with Gasteiger partial charge in [-0.05, 0) is 13.8 Å². The predicted octanol–water partition coefficient (Wildman–Crippen LogP) is 2.76. The average molecular weight is 755 g/mol. The highest BCUT2D eigenvalue weighted by atomic mass is 32.3. The maximum absolute atomic E-state index is 11.4. The van der Waals surface area contributed by atoms with Crippen LogP contribution in [0.3, 0.4) is 0 Å². The highest BCUT2D eigenvalue weighted by molar-refractivity contribution is 8.13.